The van der Waals surface area contributed by atoms with Crippen LogP contribution in [0, 0.1) is 13.8 Å². The van der Waals surface area contributed by atoms with E-state index in [1.54, 1.807) is 31.3 Å². The molecule has 1 atom stereocenters. The van der Waals surface area contributed by atoms with Gasteiger partial charge in [0.15, 0.2) is 0 Å². The quantitative estimate of drug-likeness (QED) is 0.373. The number of imidazole rings is 1. The van der Waals surface area contributed by atoms with Gasteiger partial charge >= 0.3 is 0 Å². The molecule has 0 radical (unpaired) electrons. The number of carbonyl (C=O) groups excluding carboxylic acids is 2. The van der Waals surface area contributed by atoms with Crippen LogP contribution in [0.25, 0.3) is 5.76 Å². The van der Waals surface area contributed by atoms with E-state index in [9.17, 15) is 14.7 Å². The molecule has 154 valence electrons. The van der Waals surface area contributed by atoms with Crippen LogP contribution in [0.2, 0.25) is 0 Å². The van der Waals surface area contributed by atoms with E-state index in [-0.39, 0.29) is 11.3 Å². The van der Waals surface area contributed by atoms with E-state index in [1.165, 1.54) is 0 Å². The third-order valence-electron chi connectivity index (χ3n) is 5.39. The zero-order valence-electron chi connectivity index (χ0n) is 16.9. The highest BCUT2D eigenvalue weighted by Crippen LogP contribution is 2.40. The van der Waals surface area contributed by atoms with Gasteiger partial charge in [-0.25, -0.2) is 4.98 Å². The van der Waals surface area contributed by atoms with Crippen molar-refractivity contribution in [2.45, 2.75) is 32.9 Å². The van der Waals surface area contributed by atoms with Crippen molar-refractivity contribution in [2.24, 2.45) is 0 Å². The lowest BCUT2D eigenvalue weighted by Gasteiger charge is -2.25. The van der Waals surface area contributed by atoms with Crippen molar-refractivity contribution >= 4 is 17.4 Å². The molecule has 3 aromatic rings. The van der Waals surface area contributed by atoms with E-state index in [4.69, 9.17) is 0 Å². The fourth-order valence-electron chi connectivity index (χ4n) is 3.97. The van der Waals surface area contributed by atoms with Crippen LogP contribution < -0.4 is 0 Å². The summed E-state index contributed by atoms with van der Waals surface area (Å²) in [5.41, 5.74) is 2.56. The number of aliphatic hydroxyl groups is 1. The second-order valence-corrected chi connectivity index (χ2v) is 7.37. The number of benzene rings is 1. The van der Waals surface area contributed by atoms with Crippen molar-refractivity contribution in [3.63, 3.8) is 0 Å². The number of ketones is 1. The van der Waals surface area contributed by atoms with Gasteiger partial charge in [0.25, 0.3) is 11.7 Å². The topological polar surface area (TPSA) is 104 Å². The number of likely N-dealkylation sites (tertiary alicyclic amines) is 1. The minimum Gasteiger partial charge on any atom is -0.507 e. The summed E-state index contributed by atoms with van der Waals surface area (Å²) in [6, 6.07) is 8.66. The van der Waals surface area contributed by atoms with Crippen molar-refractivity contribution < 1.29 is 14.7 Å². The van der Waals surface area contributed by atoms with Crippen LogP contribution in [-0.4, -0.2) is 48.0 Å². The minimum atomic E-state index is -0.677. The number of aromatic amines is 1. The third kappa shape index (κ3) is 3.41. The first kappa shape index (κ1) is 19.6. The lowest BCUT2D eigenvalue weighted by Crippen LogP contribution is -2.31. The normalized spacial score (nSPS) is 18.3. The summed E-state index contributed by atoms with van der Waals surface area (Å²) in [4.78, 5) is 31.5. The summed E-state index contributed by atoms with van der Waals surface area (Å²) in [5, 5.41) is 18.0. The number of nitrogens with zero attached hydrogens (tertiary/aromatic N) is 4. The molecule has 8 nitrogen and oxygen atoms in total. The Bertz CT molecular complexity index is 1080. The number of carbonyl (C=O) groups is 2. The summed E-state index contributed by atoms with van der Waals surface area (Å²) in [5.74, 6) is -1.47. The molecule has 1 amide bonds. The third-order valence-corrected chi connectivity index (χ3v) is 5.39. The Hall–Kier alpha value is -3.68. The predicted molar refractivity (Wildman–Crippen MR) is 110 cm³/mol. The SMILES string of the molecule is Cc1n[nH]c(C)c1C(O)=C1C(=O)C(=O)N(CCCn2ccnc2)[C@@H]1c1ccccc1. The van der Waals surface area contributed by atoms with E-state index in [2.05, 4.69) is 15.2 Å². The number of H-pyrrole nitrogens is 1. The molecule has 1 saturated heterocycles. The number of hydrogen-bond acceptors (Lipinski definition) is 5. The number of aromatic nitrogens is 4. The molecule has 2 aromatic heterocycles. The van der Waals surface area contributed by atoms with Crippen LogP contribution in [0.1, 0.15) is 35.0 Å². The maximum atomic E-state index is 13.0. The molecular formula is C22H23N5O3. The van der Waals surface area contributed by atoms with Gasteiger partial charge in [-0.15, -0.1) is 0 Å². The Morgan fingerprint density at radius 2 is 1.93 bits per heavy atom. The monoisotopic (exact) mass is 405 g/mol. The zero-order chi connectivity index (χ0) is 21.3. The van der Waals surface area contributed by atoms with Gasteiger partial charge < -0.3 is 14.6 Å². The summed E-state index contributed by atoms with van der Waals surface area (Å²) in [6.07, 6.45) is 5.92. The Balaban J connectivity index is 1.74. The van der Waals surface area contributed by atoms with Crippen molar-refractivity contribution in [3.05, 3.63) is 77.1 Å². The summed E-state index contributed by atoms with van der Waals surface area (Å²) >= 11 is 0. The van der Waals surface area contributed by atoms with E-state index in [0.29, 0.717) is 36.5 Å². The molecular weight excluding hydrogens is 382 g/mol. The highest BCUT2D eigenvalue weighted by atomic mass is 16.3. The van der Waals surface area contributed by atoms with Gasteiger partial charge in [-0.2, -0.15) is 5.10 Å². The van der Waals surface area contributed by atoms with E-state index < -0.39 is 17.7 Å². The highest BCUT2D eigenvalue weighted by Gasteiger charge is 2.46. The molecule has 8 heteroatoms. The molecule has 1 aromatic carbocycles. The first-order chi connectivity index (χ1) is 14.5. The number of hydrogen-bond donors (Lipinski definition) is 2. The summed E-state index contributed by atoms with van der Waals surface area (Å²) in [6.45, 7) is 4.57. The van der Waals surface area contributed by atoms with Crippen LogP contribution in [0.4, 0.5) is 0 Å². The van der Waals surface area contributed by atoms with Crippen LogP contribution in [0.3, 0.4) is 0 Å². The smallest absolute Gasteiger partial charge is 0.295 e. The molecule has 4 rings (SSSR count). The molecule has 1 fully saturated rings. The Labute approximate surface area is 173 Å². The van der Waals surface area contributed by atoms with E-state index in [0.717, 1.165) is 5.56 Å². The van der Waals surface area contributed by atoms with Crippen LogP contribution in [-0.2, 0) is 16.1 Å². The van der Waals surface area contributed by atoms with Crippen molar-refractivity contribution in [3.8, 4) is 0 Å². The van der Waals surface area contributed by atoms with Crippen LogP contribution in [0.5, 0.6) is 0 Å². The van der Waals surface area contributed by atoms with E-state index in [1.807, 2.05) is 41.1 Å². The number of Topliss-reactive ketones (excluding diaryl/α,β-unsaturated/α-hetero) is 1. The zero-order valence-corrected chi connectivity index (χ0v) is 16.9. The summed E-state index contributed by atoms with van der Waals surface area (Å²) < 4.78 is 1.92. The predicted octanol–water partition coefficient (Wildman–Crippen LogP) is 2.74. The molecule has 2 N–H and O–H groups in total. The fraction of sp³-hybridized carbons (Fsp3) is 0.273. The number of amides is 1. The second kappa shape index (κ2) is 7.98. The number of rotatable bonds is 6. The number of aryl methyl sites for hydroxylation is 3. The number of nitrogens with one attached hydrogen (secondary N) is 1. The van der Waals surface area contributed by atoms with Crippen LogP contribution in [0.15, 0.2) is 54.6 Å². The second-order valence-electron chi connectivity index (χ2n) is 7.37. The standard InChI is InChI=1S/C22H23N5O3/c1-14-17(15(2)25-24-14)20(28)18-19(16-7-4-3-5-8-16)27(22(30)21(18)29)11-6-10-26-12-9-23-13-26/h3-5,7-9,12-13,19,28H,6,10-11H2,1-2H3,(H,24,25)/t19-/m1/s1. The average Bonchev–Trinajstić information content (AvgIpc) is 3.44. The van der Waals surface area contributed by atoms with Gasteiger partial charge in [-0.1, -0.05) is 30.3 Å². The molecule has 0 aliphatic carbocycles. The minimum absolute atomic E-state index is 0.0985. The lowest BCUT2D eigenvalue weighted by atomic mass is 9.94. The van der Waals surface area contributed by atoms with Gasteiger partial charge in [0.05, 0.1) is 29.2 Å². The molecule has 1 aliphatic heterocycles. The van der Waals surface area contributed by atoms with Crippen molar-refractivity contribution in [1.82, 2.24) is 24.6 Å². The lowest BCUT2D eigenvalue weighted by molar-refractivity contribution is -0.139. The maximum Gasteiger partial charge on any atom is 0.295 e. The number of aliphatic hydroxyl groups excluding tert-OH is 1. The molecule has 0 saturated carbocycles. The molecule has 30 heavy (non-hydrogen) atoms. The van der Waals surface area contributed by atoms with Crippen LogP contribution >= 0.6 is 0 Å². The molecule has 3 heterocycles. The Kier molecular flexibility index (Phi) is 5.22. The van der Waals surface area contributed by atoms with Gasteiger partial charge in [0, 0.05) is 31.2 Å². The molecule has 1 aliphatic rings. The highest BCUT2D eigenvalue weighted by molar-refractivity contribution is 6.46. The first-order valence-electron chi connectivity index (χ1n) is 9.80. The van der Waals surface area contributed by atoms with Gasteiger partial charge in [0.2, 0.25) is 0 Å². The van der Waals surface area contributed by atoms with Gasteiger partial charge in [-0.3, -0.25) is 14.7 Å². The Morgan fingerprint density at radius 1 is 1.17 bits per heavy atom. The molecule has 0 spiro atoms. The van der Waals surface area contributed by atoms with Crippen molar-refractivity contribution in [2.75, 3.05) is 6.54 Å². The molecule has 0 bridgehead atoms. The van der Waals surface area contributed by atoms with Gasteiger partial charge in [0.1, 0.15) is 5.76 Å². The largest absolute Gasteiger partial charge is 0.507 e. The van der Waals surface area contributed by atoms with E-state index >= 15 is 0 Å². The van der Waals surface area contributed by atoms with Gasteiger partial charge in [-0.05, 0) is 25.8 Å². The summed E-state index contributed by atoms with van der Waals surface area (Å²) in [7, 11) is 0. The average molecular weight is 405 g/mol. The first-order valence-corrected chi connectivity index (χ1v) is 9.80. The van der Waals surface area contributed by atoms with Crippen molar-refractivity contribution in [1.29, 1.82) is 0 Å². The fourth-order valence-corrected chi connectivity index (χ4v) is 3.97. The molecule has 0 unspecified atom stereocenters. The maximum absolute atomic E-state index is 13.0. The Morgan fingerprint density at radius 3 is 2.57 bits per heavy atom.